The average Bonchev–Trinajstić information content (AvgIpc) is 2.64. The highest BCUT2D eigenvalue weighted by Crippen LogP contribution is 2.27. The van der Waals surface area contributed by atoms with Crippen molar-refractivity contribution in [3.63, 3.8) is 0 Å². The second-order valence-corrected chi connectivity index (χ2v) is 6.41. The van der Waals surface area contributed by atoms with E-state index < -0.39 is 0 Å². The van der Waals surface area contributed by atoms with Crippen molar-refractivity contribution in [1.82, 2.24) is 5.32 Å². The number of fused-ring (bicyclic) bond motifs is 1. The lowest BCUT2D eigenvalue weighted by Crippen LogP contribution is -2.32. The minimum Gasteiger partial charge on any atom is -0.492 e. The topological polar surface area (TPSA) is 47.6 Å². The Morgan fingerprint density at radius 3 is 2.54 bits per heavy atom. The molecule has 0 saturated heterocycles. The fraction of sp³-hybridized carbons (Fsp3) is 0.150. The third-order valence-electron chi connectivity index (χ3n) is 3.67. The van der Waals surface area contributed by atoms with Gasteiger partial charge in [-0.2, -0.15) is 0 Å². The Bertz CT molecular complexity index is 914. The summed E-state index contributed by atoms with van der Waals surface area (Å²) in [6.07, 6.45) is 0. The largest absolute Gasteiger partial charge is 0.492 e. The molecule has 0 unspecified atom stereocenters. The van der Waals surface area contributed by atoms with Crippen molar-refractivity contribution >= 4 is 39.9 Å². The van der Waals surface area contributed by atoms with Crippen LogP contribution in [0.3, 0.4) is 0 Å². The molecule has 3 rings (SSSR count). The van der Waals surface area contributed by atoms with Crippen LogP contribution in [0.1, 0.15) is 0 Å². The van der Waals surface area contributed by atoms with Crippen LogP contribution in [0.15, 0.2) is 60.7 Å². The van der Waals surface area contributed by atoms with E-state index in [2.05, 4.69) is 5.32 Å². The molecule has 3 aromatic carbocycles. The van der Waals surface area contributed by atoms with Gasteiger partial charge in [0.15, 0.2) is 6.61 Å². The van der Waals surface area contributed by atoms with Crippen LogP contribution in [-0.4, -0.2) is 25.7 Å². The summed E-state index contributed by atoms with van der Waals surface area (Å²) in [5, 5.41) is 5.88. The van der Waals surface area contributed by atoms with Gasteiger partial charge in [-0.05, 0) is 41.1 Å². The Hall–Kier alpha value is -2.43. The van der Waals surface area contributed by atoms with E-state index in [1.165, 1.54) is 0 Å². The van der Waals surface area contributed by atoms with Crippen molar-refractivity contribution in [3.05, 3.63) is 70.7 Å². The van der Waals surface area contributed by atoms with Gasteiger partial charge in [-0.3, -0.25) is 4.79 Å². The van der Waals surface area contributed by atoms with Crippen LogP contribution in [-0.2, 0) is 4.79 Å². The van der Waals surface area contributed by atoms with E-state index in [0.29, 0.717) is 28.9 Å². The monoisotopic (exact) mass is 389 g/mol. The molecule has 1 N–H and O–H groups in total. The first-order chi connectivity index (χ1) is 12.6. The second kappa shape index (κ2) is 8.79. The quantitative estimate of drug-likeness (QED) is 0.594. The van der Waals surface area contributed by atoms with Gasteiger partial charge in [-0.1, -0.05) is 53.5 Å². The summed E-state index contributed by atoms with van der Waals surface area (Å²) < 4.78 is 11.0. The minimum atomic E-state index is -0.252. The highest BCUT2D eigenvalue weighted by Gasteiger charge is 2.06. The maximum Gasteiger partial charge on any atom is 0.258 e. The number of ether oxygens (including phenoxy) is 2. The van der Waals surface area contributed by atoms with Crippen molar-refractivity contribution in [3.8, 4) is 11.5 Å². The summed E-state index contributed by atoms with van der Waals surface area (Å²) in [6, 6.07) is 18.8. The van der Waals surface area contributed by atoms with Gasteiger partial charge in [0.25, 0.3) is 5.91 Å². The zero-order valence-electron chi connectivity index (χ0n) is 13.9. The van der Waals surface area contributed by atoms with Crippen molar-refractivity contribution in [2.75, 3.05) is 19.8 Å². The number of halogens is 2. The minimum absolute atomic E-state index is 0.128. The van der Waals surface area contributed by atoms with Crippen LogP contribution in [0.5, 0.6) is 11.5 Å². The molecule has 4 nitrogen and oxygen atoms in total. The summed E-state index contributed by atoms with van der Waals surface area (Å²) >= 11 is 11.8. The van der Waals surface area contributed by atoms with Crippen molar-refractivity contribution in [2.45, 2.75) is 0 Å². The number of carbonyl (C=O) groups excluding carboxylic acids is 1. The van der Waals surface area contributed by atoms with Gasteiger partial charge in [0.05, 0.1) is 11.6 Å². The molecule has 0 aromatic heterocycles. The lowest BCUT2D eigenvalue weighted by atomic mass is 10.1. The van der Waals surface area contributed by atoms with E-state index in [0.717, 1.165) is 16.5 Å². The van der Waals surface area contributed by atoms with Gasteiger partial charge in [-0.25, -0.2) is 0 Å². The van der Waals surface area contributed by atoms with Crippen LogP contribution >= 0.6 is 23.2 Å². The lowest BCUT2D eigenvalue weighted by Gasteiger charge is -2.10. The van der Waals surface area contributed by atoms with Crippen LogP contribution in [0.4, 0.5) is 0 Å². The molecule has 26 heavy (non-hydrogen) atoms. The third kappa shape index (κ3) is 5.04. The SMILES string of the molecule is O=C(COc1ccc(Cl)cc1Cl)NCCOc1ccc2ccccc2c1. The standard InChI is InChI=1S/C20H17Cl2NO3/c21-16-6-8-19(18(22)12-16)26-13-20(24)23-9-10-25-17-7-5-14-3-1-2-4-15(14)11-17/h1-8,11-12H,9-10,13H2,(H,23,24). The van der Waals surface area contributed by atoms with Gasteiger partial charge in [0, 0.05) is 5.02 Å². The van der Waals surface area contributed by atoms with Crippen molar-refractivity contribution < 1.29 is 14.3 Å². The third-order valence-corrected chi connectivity index (χ3v) is 4.20. The van der Waals surface area contributed by atoms with Crippen LogP contribution < -0.4 is 14.8 Å². The summed E-state index contributed by atoms with van der Waals surface area (Å²) in [5.74, 6) is 0.930. The Kier molecular flexibility index (Phi) is 6.21. The Labute approximate surface area is 161 Å². The van der Waals surface area contributed by atoms with Crippen molar-refractivity contribution in [2.24, 2.45) is 0 Å². The van der Waals surface area contributed by atoms with Gasteiger partial charge >= 0.3 is 0 Å². The number of hydrogen-bond acceptors (Lipinski definition) is 3. The molecule has 0 fully saturated rings. The molecular weight excluding hydrogens is 373 g/mol. The highest BCUT2D eigenvalue weighted by molar-refractivity contribution is 6.35. The molecule has 0 spiro atoms. The van der Waals surface area contributed by atoms with E-state index in [1.807, 2.05) is 42.5 Å². The summed E-state index contributed by atoms with van der Waals surface area (Å²) in [7, 11) is 0. The molecule has 3 aromatic rings. The first-order valence-electron chi connectivity index (χ1n) is 8.08. The van der Waals surface area contributed by atoms with Crippen LogP contribution in [0, 0.1) is 0 Å². The molecule has 0 atom stereocenters. The van der Waals surface area contributed by atoms with E-state index >= 15 is 0 Å². The number of amides is 1. The number of hydrogen-bond donors (Lipinski definition) is 1. The number of rotatable bonds is 7. The fourth-order valence-electron chi connectivity index (χ4n) is 2.40. The van der Waals surface area contributed by atoms with Gasteiger partial charge in [0.1, 0.15) is 18.1 Å². The fourth-order valence-corrected chi connectivity index (χ4v) is 2.87. The van der Waals surface area contributed by atoms with Gasteiger partial charge in [0.2, 0.25) is 0 Å². The molecule has 0 saturated carbocycles. The molecule has 0 aliphatic rings. The first-order valence-corrected chi connectivity index (χ1v) is 8.83. The van der Waals surface area contributed by atoms with Crippen LogP contribution in [0.2, 0.25) is 10.0 Å². The summed E-state index contributed by atoms with van der Waals surface area (Å²) in [5.41, 5.74) is 0. The highest BCUT2D eigenvalue weighted by atomic mass is 35.5. The molecule has 0 radical (unpaired) electrons. The Balaban J connectivity index is 1.40. The van der Waals surface area contributed by atoms with E-state index in [4.69, 9.17) is 32.7 Å². The Morgan fingerprint density at radius 1 is 0.923 bits per heavy atom. The molecule has 1 amide bonds. The van der Waals surface area contributed by atoms with E-state index in [-0.39, 0.29) is 12.5 Å². The Morgan fingerprint density at radius 2 is 1.73 bits per heavy atom. The average molecular weight is 390 g/mol. The molecule has 0 bridgehead atoms. The maximum absolute atomic E-state index is 11.8. The maximum atomic E-state index is 11.8. The zero-order valence-corrected chi connectivity index (χ0v) is 15.4. The van der Waals surface area contributed by atoms with Crippen LogP contribution in [0.25, 0.3) is 10.8 Å². The van der Waals surface area contributed by atoms with Gasteiger partial charge in [-0.15, -0.1) is 0 Å². The number of benzene rings is 3. The predicted molar refractivity (Wildman–Crippen MR) is 104 cm³/mol. The smallest absolute Gasteiger partial charge is 0.258 e. The molecule has 0 aliphatic heterocycles. The molecule has 134 valence electrons. The zero-order chi connectivity index (χ0) is 18.4. The predicted octanol–water partition coefficient (Wildman–Crippen LogP) is 4.72. The molecule has 6 heteroatoms. The normalized spacial score (nSPS) is 10.5. The summed E-state index contributed by atoms with van der Waals surface area (Å²) in [4.78, 5) is 11.8. The molecule has 0 heterocycles. The second-order valence-electron chi connectivity index (χ2n) is 5.57. The number of nitrogens with one attached hydrogen (secondary N) is 1. The van der Waals surface area contributed by atoms with E-state index in [9.17, 15) is 4.79 Å². The number of carbonyl (C=O) groups is 1. The summed E-state index contributed by atoms with van der Waals surface area (Å²) in [6.45, 7) is 0.618. The molecule has 0 aliphatic carbocycles. The molecular formula is C20H17Cl2NO3. The lowest BCUT2D eigenvalue weighted by molar-refractivity contribution is -0.123. The van der Waals surface area contributed by atoms with E-state index in [1.54, 1.807) is 18.2 Å². The first kappa shape index (κ1) is 18.4. The van der Waals surface area contributed by atoms with Crippen molar-refractivity contribution in [1.29, 1.82) is 0 Å². The van der Waals surface area contributed by atoms with Gasteiger partial charge < -0.3 is 14.8 Å².